The van der Waals surface area contributed by atoms with Gasteiger partial charge in [0, 0.05) is 0 Å². The fourth-order valence-corrected chi connectivity index (χ4v) is 0.394. The summed E-state index contributed by atoms with van der Waals surface area (Å²) in [7, 11) is 1.66. The number of nitrogens with zero attached hydrogens (tertiary/aromatic N) is 1. The monoisotopic (exact) mass is 94.1 g/mol. The van der Waals surface area contributed by atoms with Gasteiger partial charge in [-0.1, -0.05) is 5.98 Å². The third-order valence-electron chi connectivity index (χ3n) is 0.683. The van der Waals surface area contributed by atoms with Crippen LogP contribution in [0.25, 0.3) is 0 Å². The van der Waals surface area contributed by atoms with Crippen molar-refractivity contribution < 1.29 is 0 Å². The van der Waals surface area contributed by atoms with Crippen LogP contribution in [0.2, 0.25) is 0 Å². The van der Waals surface area contributed by atoms with Crippen LogP contribution in [0, 0.1) is 0 Å². The molecular formula is C3H5BN3. The fourth-order valence-electron chi connectivity index (χ4n) is 0.394. The van der Waals surface area contributed by atoms with Crippen molar-refractivity contribution in [3.05, 3.63) is 11.8 Å². The molecule has 1 aliphatic rings. The molecule has 4 N–H and O–H groups in total. The highest BCUT2D eigenvalue weighted by atomic mass is 14.9. The minimum atomic E-state index is 0.484. The van der Waals surface area contributed by atoms with Crippen LogP contribution >= 0.6 is 0 Å². The van der Waals surface area contributed by atoms with Gasteiger partial charge in [-0.25, -0.2) is 4.99 Å². The number of rotatable bonds is 0. The maximum Gasteiger partial charge on any atom is 0.234 e. The van der Waals surface area contributed by atoms with Gasteiger partial charge in [0.1, 0.15) is 5.82 Å². The molecule has 1 aliphatic heterocycles. The Hall–Kier alpha value is -0.925. The Balaban J connectivity index is 2.69. The molecule has 0 aliphatic carbocycles. The maximum atomic E-state index is 5.19. The highest BCUT2D eigenvalue weighted by Crippen LogP contribution is 1.90. The topological polar surface area (TPSA) is 64.4 Å². The Bertz CT molecular complexity index is 137. The molecule has 1 rings (SSSR count). The van der Waals surface area contributed by atoms with Gasteiger partial charge >= 0.3 is 0 Å². The van der Waals surface area contributed by atoms with Crippen molar-refractivity contribution in [2.24, 2.45) is 16.5 Å². The molecule has 1 heterocycles. The van der Waals surface area contributed by atoms with Gasteiger partial charge in [0.15, 0.2) is 0 Å². The first-order chi connectivity index (χ1) is 3.29. The summed E-state index contributed by atoms with van der Waals surface area (Å²) in [5, 5.41) is 0. The predicted octanol–water partition coefficient (Wildman–Crippen LogP) is -1.22. The van der Waals surface area contributed by atoms with E-state index in [1.807, 2.05) is 0 Å². The maximum absolute atomic E-state index is 5.19. The van der Waals surface area contributed by atoms with Gasteiger partial charge in [0.05, 0.1) is 5.73 Å². The molecule has 0 aromatic heterocycles. The van der Waals surface area contributed by atoms with E-state index in [9.17, 15) is 0 Å². The second kappa shape index (κ2) is 1.29. The molecule has 0 aromatic rings. The SMILES string of the molecule is NC1=C[B]C(N)=N1. The molecule has 0 spiro atoms. The molecule has 1 radical (unpaired) electrons. The first kappa shape index (κ1) is 4.24. The lowest BCUT2D eigenvalue weighted by atomic mass is 9.79. The third kappa shape index (κ3) is 0.736. The lowest BCUT2D eigenvalue weighted by molar-refractivity contribution is 1.27. The average molecular weight is 93.9 g/mol. The summed E-state index contributed by atoms with van der Waals surface area (Å²) in [4.78, 5) is 3.67. The number of hydrogen-bond acceptors (Lipinski definition) is 3. The Morgan fingerprint density at radius 3 is 2.43 bits per heavy atom. The van der Waals surface area contributed by atoms with Crippen LogP contribution in [0.1, 0.15) is 0 Å². The summed E-state index contributed by atoms with van der Waals surface area (Å²) in [6.45, 7) is 0. The van der Waals surface area contributed by atoms with Gasteiger partial charge in [0.25, 0.3) is 0 Å². The molecule has 0 saturated carbocycles. The molecule has 0 amide bonds. The number of aliphatic imine (C=N–C) groups is 1. The Kier molecular flexibility index (Phi) is 0.783. The number of nitrogens with two attached hydrogens (primary N) is 2. The second-order valence-corrected chi connectivity index (χ2v) is 1.29. The van der Waals surface area contributed by atoms with Gasteiger partial charge in [-0.05, 0) is 0 Å². The normalized spacial score (nSPS) is 17.7. The molecule has 4 heteroatoms. The molecule has 0 aromatic carbocycles. The second-order valence-electron chi connectivity index (χ2n) is 1.29. The standard InChI is InChI=1S/C3H5BN3/c5-2-1-4-3(6)7-2/h1H,5H2,(H2,6,7). The van der Waals surface area contributed by atoms with Crippen LogP contribution in [-0.4, -0.2) is 13.0 Å². The molecule has 3 nitrogen and oxygen atoms in total. The zero-order valence-corrected chi connectivity index (χ0v) is 3.76. The van der Waals surface area contributed by atoms with Crippen molar-refractivity contribution in [2.75, 3.05) is 0 Å². The predicted molar refractivity (Wildman–Crippen MR) is 29.6 cm³/mol. The van der Waals surface area contributed by atoms with E-state index >= 15 is 0 Å². The number of hydrogen-bond donors (Lipinski definition) is 2. The van der Waals surface area contributed by atoms with E-state index < -0.39 is 0 Å². The van der Waals surface area contributed by atoms with Crippen molar-refractivity contribution in [3.63, 3.8) is 0 Å². The van der Waals surface area contributed by atoms with Gasteiger partial charge in [-0.2, -0.15) is 0 Å². The van der Waals surface area contributed by atoms with Crippen LogP contribution in [0.4, 0.5) is 0 Å². The Morgan fingerprint density at radius 1 is 1.57 bits per heavy atom. The van der Waals surface area contributed by atoms with Crippen LogP contribution in [0.15, 0.2) is 16.8 Å². The Morgan fingerprint density at radius 2 is 2.29 bits per heavy atom. The summed E-state index contributed by atoms with van der Waals surface area (Å²) in [6.07, 6.45) is 0. The smallest absolute Gasteiger partial charge is 0.234 e. The van der Waals surface area contributed by atoms with Crippen molar-refractivity contribution in [3.8, 4) is 0 Å². The van der Waals surface area contributed by atoms with Gasteiger partial charge < -0.3 is 11.5 Å². The minimum absolute atomic E-state index is 0.484. The summed E-state index contributed by atoms with van der Waals surface area (Å²) in [5.41, 5.74) is 10.9. The third-order valence-corrected chi connectivity index (χ3v) is 0.683. The van der Waals surface area contributed by atoms with Crippen LogP contribution in [0.3, 0.4) is 0 Å². The molecule has 0 bridgehead atoms. The zero-order chi connectivity index (χ0) is 5.28. The summed E-state index contributed by atoms with van der Waals surface area (Å²) in [6, 6.07) is 0. The molecule has 0 fully saturated rings. The Labute approximate surface area is 42.3 Å². The average Bonchev–Trinajstić information content (AvgIpc) is 1.87. The van der Waals surface area contributed by atoms with E-state index in [0.717, 1.165) is 0 Å². The van der Waals surface area contributed by atoms with E-state index in [-0.39, 0.29) is 0 Å². The molecule has 0 saturated heterocycles. The van der Waals surface area contributed by atoms with E-state index in [1.54, 1.807) is 13.3 Å². The minimum Gasteiger partial charge on any atom is -0.395 e. The van der Waals surface area contributed by atoms with E-state index in [2.05, 4.69) is 4.99 Å². The number of amidine groups is 1. The van der Waals surface area contributed by atoms with Crippen molar-refractivity contribution >= 4 is 13.0 Å². The van der Waals surface area contributed by atoms with Crippen molar-refractivity contribution in [1.82, 2.24) is 0 Å². The van der Waals surface area contributed by atoms with E-state index in [1.165, 1.54) is 0 Å². The van der Waals surface area contributed by atoms with E-state index in [0.29, 0.717) is 11.6 Å². The lowest BCUT2D eigenvalue weighted by Crippen LogP contribution is -2.14. The molecule has 0 unspecified atom stereocenters. The van der Waals surface area contributed by atoms with Gasteiger partial charge in [0.2, 0.25) is 7.28 Å². The van der Waals surface area contributed by atoms with Crippen molar-refractivity contribution in [2.45, 2.75) is 0 Å². The van der Waals surface area contributed by atoms with Crippen LogP contribution < -0.4 is 11.5 Å². The lowest BCUT2D eigenvalue weighted by Gasteiger charge is -1.81. The summed E-state index contributed by atoms with van der Waals surface area (Å²) in [5.74, 6) is 2.15. The van der Waals surface area contributed by atoms with Crippen LogP contribution in [0.5, 0.6) is 0 Å². The first-order valence-corrected chi connectivity index (χ1v) is 1.94. The highest BCUT2D eigenvalue weighted by molar-refractivity contribution is 6.79. The largest absolute Gasteiger partial charge is 0.395 e. The van der Waals surface area contributed by atoms with E-state index in [4.69, 9.17) is 11.5 Å². The van der Waals surface area contributed by atoms with Gasteiger partial charge in [-0.3, -0.25) is 0 Å². The summed E-state index contributed by atoms with van der Waals surface area (Å²) >= 11 is 0. The molecule has 0 atom stereocenters. The van der Waals surface area contributed by atoms with Crippen LogP contribution in [-0.2, 0) is 0 Å². The summed E-state index contributed by atoms with van der Waals surface area (Å²) < 4.78 is 0. The highest BCUT2D eigenvalue weighted by Gasteiger charge is 2.00. The van der Waals surface area contributed by atoms with Gasteiger partial charge in [-0.15, -0.1) is 0 Å². The molecular weight excluding hydrogens is 88.9 g/mol. The van der Waals surface area contributed by atoms with Crippen molar-refractivity contribution in [1.29, 1.82) is 0 Å². The zero-order valence-electron chi connectivity index (χ0n) is 3.76. The first-order valence-electron chi connectivity index (χ1n) is 1.94. The fraction of sp³-hybridized carbons (Fsp3) is 0. The molecule has 35 valence electrons. The quantitative estimate of drug-likeness (QED) is 0.369. The molecule has 7 heavy (non-hydrogen) atoms.